The molecule has 1 fully saturated rings. The third-order valence-electron chi connectivity index (χ3n) is 4.60. The molecule has 1 aromatic heterocycles. The quantitative estimate of drug-likeness (QED) is 0.429. The standard InChI is InChI=1S/C16H14ClF2N2O8PS/c17-8-1-2-10-7(3-8)5-26-30(25,29-10)27-6-16(19)12(23)11(22)14(28-16)21-4-9(18)13(24)20-15(21)31/h1-4,11-12,14,22-23H,5-6H2,(H,20,24,31)/t11-,12+,14-,16-,30?/m1/s1. The molecule has 0 aliphatic carbocycles. The van der Waals surface area contributed by atoms with Crippen molar-refractivity contribution in [3.05, 3.63) is 55.9 Å². The van der Waals surface area contributed by atoms with E-state index in [9.17, 15) is 24.0 Å². The molecule has 168 valence electrons. The van der Waals surface area contributed by atoms with Gasteiger partial charge in [0, 0.05) is 10.6 Å². The number of benzene rings is 1. The smallest absolute Gasteiger partial charge is 0.404 e. The fourth-order valence-electron chi connectivity index (χ4n) is 3.02. The molecule has 1 saturated heterocycles. The van der Waals surface area contributed by atoms with Crippen molar-refractivity contribution in [1.29, 1.82) is 0 Å². The van der Waals surface area contributed by atoms with Crippen molar-refractivity contribution in [2.45, 2.75) is 30.9 Å². The molecule has 1 unspecified atom stereocenters. The second-order valence-corrected chi connectivity index (χ2v) is 9.13. The van der Waals surface area contributed by atoms with Gasteiger partial charge in [-0.1, -0.05) is 11.6 Å². The predicted octanol–water partition coefficient (Wildman–Crippen LogP) is 2.35. The Balaban J connectivity index is 1.52. The van der Waals surface area contributed by atoms with E-state index in [0.29, 0.717) is 16.8 Å². The topological polar surface area (TPSA) is 132 Å². The molecule has 0 radical (unpaired) electrons. The first-order valence-electron chi connectivity index (χ1n) is 8.62. The van der Waals surface area contributed by atoms with Crippen LogP contribution in [0.4, 0.5) is 8.78 Å². The zero-order valence-electron chi connectivity index (χ0n) is 15.2. The number of phosphoric ester groups is 1. The van der Waals surface area contributed by atoms with E-state index in [0.717, 1.165) is 4.57 Å². The van der Waals surface area contributed by atoms with E-state index in [1.807, 2.05) is 4.98 Å². The Labute approximate surface area is 182 Å². The van der Waals surface area contributed by atoms with Crippen LogP contribution >= 0.6 is 31.6 Å². The molecule has 1 aromatic carbocycles. The van der Waals surface area contributed by atoms with Crippen LogP contribution in [0.5, 0.6) is 5.75 Å². The number of rotatable bonds is 4. The molecule has 4 rings (SSSR count). The van der Waals surface area contributed by atoms with Gasteiger partial charge in [-0.2, -0.15) is 4.39 Å². The van der Waals surface area contributed by atoms with Crippen LogP contribution in [0.3, 0.4) is 0 Å². The molecule has 3 heterocycles. The van der Waals surface area contributed by atoms with E-state index in [2.05, 4.69) is 0 Å². The highest BCUT2D eigenvalue weighted by molar-refractivity contribution is 7.71. The van der Waals surface area contributed by atoms with Crippen LogP contribution in [0.1, 0.15) is 11.8 Å². The summed E-state index contributed by atoms with van der Waals surface area (Å²) in [6.07, 6.45) is -5.29. The lowest BCUT2D eigenvalue weighted by Gasteiger charge is -2.28. The van der Waals surface area contributed by atoms with E-state index >= 15 is 4.39 Å². The van der Waals surface area contributed by atoms with Crippen LogP contribution in [0.25, 0.3) is 0 Å². The van der Waals surface area contributed by atoms with Crippen molar-refractivity contribution >= 4 is 31.6 Å². The van der Waals surface area contributed by atoms with Gasteiger partial charge < -0.3 is 19.5 Å². The highest BCUT2D eigenvalue weighted by Gasteiger charge is 2.57. The van der Waals surface area contributed by atoms with Gasteiger partial charge in [-0.25, -0.2) is 8.96 Å². The Morgan fingerprint density at radius 1 is 1.45 bits per heavy atom. The molecule has 2 aromatic rings. The summed E-state index contributed by atoms with van der Waals surface area (Å²) in [7, 11) is -4.31. The summed E-state index contributed by atoms with van der Waals surface area (Å²) < 4.78 is 62.1. The number of aliphatic hydroxyl groups is 2. The second-order valence-electron chi connectivity index (χ2n) is 6.71. The fraction of sp³-hybridized carbons (Fsp3) is 0.375. The molecule has 3 N–H and O–H groups in total. The number of hydrogen-bond acceptors (Lipinski definition) is 9. The minimum Gasteiger partial charge on any atom is -0.404 e. The van der Waals surface area contributed by atoms with Crippen LogP contribution in [0.15, 0.2) is 29.2 Å². The highest BCUT2D eigenvalue weighted by Crippen LogP contribution is 2.56. The number of aliphatic hydroxyl groups excluding tert-OH is 2. The maximum absolute atomic E-state index is 15.3. The van der Waals surface area contributed by atoms with Gasteiger partial charge in [-0.3, -0.25) is 23.4 Å². The first kappa shape index (κ1) is 22.5. The molecular formula is C16H14ClF2N2O8PS. The Morgan fingerprint density at radius 3 is 2.94 bits per heavy atom. The minimum atomic E-state index is -4.31. The lowest BCUT2D eigenvalue weighted by Crippen LogP contribution is -2.43. The number of aromatic nitrogens is 2. The van der Waals surface area contributed by atoms with Gasteiger partial charge in [-0.15, -0.1) is 0 Å². The summed E-state index contributed by atoms with van der Waals surface area (Å²) in [4.78, 5) is 13.3. The van der Waals surface area contributed by atoms with Crippen LogP contribution in [0, 0.1) is 10.6 Å². The number of fused-ring (bicyclic) bond motifs is 1. The summed E-state index contributed by atoms with van der Waals surface area (Å²) in [5.74, 6) is -4.23. The second kappa shape index (κ2) is 8.01. The van der Waals surface area contributed by atoms with Crippen LogP contribution in [0.2, 0.25) is 5.02 Å². The molecule has 10 nitrogen and oxygen atoms in total. The Kier molecular flexibility index (Phi) is 5.82. The van der Waals surface area contributed by atoms with E-state index in [1.165, 1.54) is 18.2 Å². The number of nitrogens with zero attached hydrogens (tertiary/aromatic N) is 1. The van der Waals surface area contributed by atoms with Crippen LogP contribution in [-0.4, -0.2) is 44.4 Å². The van der Waals surface area contributed by atoms with Gasteiger partial charge in [0.1, 0.15) is 24.6 Å². The monoisotopic (exact) mass is 498 g/mol. The minimum absolute atomic E-state index is 0.146. The Hall–Kier alpha value is -1.70. The summed E-state index contributed by atoms with van der Waals surface area (Å²) in [5.41, 5.74) is -0.643. The van der Waals surface area contributed by atoms with Crippen molar-refractivity contribution in [3.63, 3.8) is 0 Å². The highest BCUT2D eigenvalue weighted by atomic mass is 35.5. The molecule has 0 amide bonds. The van der Waals surface area contributed by atoms with Crippen molar-refractivity contribution in [1.82, 2.24) is 9.55 Å². The van der Waals surface area contributed by atoms with E-state index in [-0.39, 0.29) is 12.4 Å². The molecule has 0 spiro atoms. The maximum atomic E-state index is 15.3. The average molecular weight is 499 g/mol. The fourth-order valence-corrected chi connectivity index (χ4v) is 4.69. The van der Waals surface area contributed by atoms with Crippen LogP contribution in [-0.2, 0) is 25.0 Å². The normalized spacial score (nSPS) is 32.5. The van der Waals surface area contributed by atoms with Crippen molar-refractivity contribution < 1.29 is 41.9 Å². The molecule has 15 heteroatoms. The SMILES string of the molecule is O=c1[nH]c(=S)n([C@@H]2O[C@](F)(COP3(=O)OCc4cc(Cl)ccc4O3)[C@@H](O)[C@H]2O)cc1F. The summed E-state index contributed by atoms with van der Waals surface area (Å²) in [6.45, 7) is -1.38. The number of hydrogen-bond donors (Lipinski definition) is 3. The Morgan fingerprint density at radius 2 is 2.19 bits per heavy atom. The number of nitrogens with one attached hydrogen (secondary N) is 1. The van der Waals surface area contributed by atoms with Gasteiger partial charge >= 0.3 is 7.82 Å². The summed E-state index contributed by atoms with van der Waals surface area (Å²) in [5, 5.41) is 20.7. The molecule has 0 bridgehead atoms. The third-order valence-corrected chi connectivity index (χ3v) is 6.46. The lowest BCUT2D eigenvalue weighted by atomic mass is 10.1. The number of alkyl halides is 1. The number of H-pyrrole nitrogens is 1. The van der Waals surface area contributed by atoms with E-state index in [1.54, 1.807) is 0 Å². The van der Waals surface area contributed by atoms with Crippen LogP contribution < -0.4 is 10.1 Å². The van der Waals surface area contributed by atoms with Crippen molar-refractivity contribution in [2.75, 3.05) is 6.61 Å². The molecule has 2 aliphatic heterocycles. The zero-order chi connectivity index (χ0) is 22.6. The third kappa shape index (κ3) is 4.20. The maximum Gasteiger partial charge on any atom is 0.530 e. The van der Waals surface area contributed by atoms with Gasteiger partial charge in [0.25, 0.3) is 11.4 Å². The first-order chi connectivity index (χ1) is 14.5. The molecule has 5 atom stereocenters. The van der Waals surface area contributed by atoms with Crippen molar-refractivity contribution in [3.8, 4) is 5.75 Å². The van der Waals surface area contributed by atoms with E-state index < -0.39 is 54.9 Å². The lowest BCUT2D eigenvalue weighted by molar-refractivity contribution is -0.205. The van der Waals surface area contributed by atoms with Gasteiger partial charge in [0.05, 0.1) is 12.8 Å². The average Bonchev–Trinajstić information content (AvgIpc) is 2.94. The molecule has 2 aliphatic rings. The van der Waals surface area contributed by atoms with Gasteiger partial charge in [0.15, 0.2) is 11.0 Å². The number of phosphoric acid groups is 1. The van der Waals surface area contributed by atoms with Gasteiger partial charge in [0.2, 0.25) is 5.82 Å². The number of halogens is 3. The number of aromatic amines is 1. The largest absolute Gasteiger partial charge is 0.530 e. The predicted molar refractivity (Wildman–Crippen MR) is 102 cm³/mol. The molecular weight excluding hydrogens is 485 g/mol. The summed E-state index contributed by atoms with van der Waals surface area (Å²) >= 11 is 10.7. The zero-order valence-corrected chi connectivity index (χ0v) is 17.7. The first-order valence-corrected chi connectivity index (χ1v) is 10.9. The number of ether oxygens (including phenoxy) is 1. The molecule has 0 saturated carbocycles. The van der Waals surface area contributed by atoms with Gasteiger partial charge in [-0.05, 0) is 30.4 Å². The van der Waals surface area contributed by atoms with E-state index in [4.69, 9.17) is 42.1 Å². The summed E-state index contributed by atoms with van der Waals surface area (Å²) in [6, 6.07) is 4.42. The Bertz CT molecular complexity index is 1190. The van der Waals surface area contributed by atoms with Crippen molar-refractivity contribution in [2.24, 2.45) is 0 Å². The molecule has 31 heavy (non-hydrogen) atoms.